The van der Waals surface area contributed by atoms with Crippen molar-refractivity contribution in [1.29, 1.82) is 0 Å². The van der Waals surface area contributed by atoms with Crippen LogP contribution in [0.4, 0.5) is 0 Å². The maximum absolute atomic E-state index is 3.28. The second-order valence-electron chi connectivity index (χ2n) is 5.32. The average molecular weight is 471 g/mol. The Hall–Kier alpha value is -0.465. The minimum atomic E-state index is -1.21. The molecule has 0 radical (unpaired) electrons. The molecule has 112 valence electrons. The van der Waals surface area contributed by atoms with Crippen molar-refractivity contribution in [2.75, 3.05) is 0 Å². The van der Waals surface area contributed by atoms with Crippen molar-refractivity contribution in [1.82, 2.24) is 0 Å². The summed E-state index contributed by atoms with van der Waals surface area (Å²) in [5, 5.41) is 0. The molecule has 0 N–H and O–H groups in total. The summed E-state index contributed by atoms with van der Waals surface area (Å²) in [4.78, 5) is 0. The van der Waals surface area contributed by atoms with E-state index >= 15 is 0 Å². The number of allylic oxidation sites excluding steroid dienone is 4. The number of rotatable bonds is 10. The van der Waals surface area contributed by atoms with E-state index in [0.717, 1.165) is 0 Å². The van der Waals surface area contributed by atoms with Crippen LogP contribution in [0.5, 0.6) is 0 Å². The van der Waals surface area contributed by atoms with Gasteiger partial charge in [0.15, 0.2) is 0 Å². The zero-order valence-electron chi connectivity index (χ0n) is 14.1. The van der Waals surface area contributed by atoms with Gasteiger partial charge >= 0.3 is 146 Å². The van der Waals surface area contributed by atoms with Crippen molar-refractivity contribution in [3.63, 3.8) is 0 Å². The third-order valence-electron chi connectivity index (χ3n) is 3.23. The van der Waals surface area contributed by atoms with Gasteiger partial charge in [-0.2, -0.15) is 0 Å². The first-order valence-corrected chi connectivity index (χ1v) is 14.2. The van der Waals surface area contributed by atoms with Gasteiger partial charge in [0.25, 0.3) is 0 Å². The molecule has 0 saturated heterocycles. The molecule has 0 aliphatic rings. The van der Waals surface area contributed by atoms with E-state index in [-0.39, 0.29) is 0 Å². The molecule has 0 rings (SSSR count). The van der Waals surface area contributed by atoms with Crippen LogP contribution < -0.4 is 0 Å². The molecular formula is C20H30Hg. The van der Waals surface area contributed by atoms with Crippen LogP contribution in [-0.2, 0) is 24.6 Å². The molecule has 0 aromatic carbocycles. The van der Waals surface area contributed by atoms with Crippen molar-refractivity contribution in [3.05, 3.63) is 24.3 Å². The van der Waals surface area contributed by atoms with Crippen molar-refractivity contribution in [2.45, 2.75) is 78.1 Å². The standard InChI is InChI=1S/2C10H15.Hg/c2*1-3-5-7-9-10-8-6-4-2;/h2*6,8H,3,5,7,9-10H2,1H3;/b2*8-6+;. The molecule has 0 aromatic heterocycles. The predicted molar refractivity (Wildman–Crippen MR) is 91.4 cm³/mol. The van der Waals surface area contributed by atoms with E-state index in [1.54, 1.807) is 0 Å². The van der Waals surface area contributed by atoms with Crippen LogP contribution in [0.2, 0.25) is 0 Å². The Morgan fingerprint density at radius 3 is 1.57 bits per heavy atom. The predicted octanol–water partition coefficient (Wildman–Crippen LogP) is 6.04. The summed E-state index contributed by atoms with van der Waals surface area (Å²) in [6, 6.07) is 0. The quantitative estimate of drug-likeness (QED) is 0.207. The minimum absolute atomic E-state index is 1.18. The maximum atomic E-state index is 3.28. The molecule has 0 heterocycles. The summed E-state index contributed by atoms with van der Waals surface area (Å²) < 4.78 is 6.57. The summed E-state index contributed by atoms with van der Waals surface area (Å²) in [6.07, 6.45) is 21.5. The van der Waals surface area contributed by atoms with Crippen LogP contribution in [0.25, 0.3) is 0 Å². The summed E-state index contributed by atoms with van der Waals surface area (Å²) in [5.41, 5.74) is 0. The second kappa shape index (κ2) is 19.5. The second-order valence-corrected chi connectivity index (χ2v) is 9.45. The molecule has 0 aliphatic carbocycles. The van der Waals surface area contributed by atoms with Gasteiger partial charge in [-0.25, -0.2) is 0 Å². The number of hydrogen-bond donors (Lipinski definition) is 0. The van der Waals surface area contributed by atoms with E-state index in [2.05, 4.69) is 44.7 Å². The Labute approximate surface area is 145 Å². The molecular weight excluding hydrogens is 441 g/mol. The first-order chi connectivity index (χ1) is 10.4. The van der Waals surface area contributed by atoms with E-state index in [9.17, 15) is 0 Å². The molecule has 0 unspecified atom stereocenters. The fourth-order valence-corrected chi connectivity index (χ4v) is 3.98. The zero-order chi connectivity index (χ0) is 15.4. The first-order valence-electron chi connectivity index (χ1n) is 8.68. The molecule has 0 saturated carbocycles. The molecule has 0 nitrogen and oxygen atoms in total. The van der Waals surface area contributed by atoms with Crippen molar-refractivity contribution >= 4 is 0 Å². The summed E-state index contributed by atoms with van der Waals surface area (Å²) in [7, 11) is 0. The Kier molecular flexibility index (Phi) is 19.1. The third-order valence-corrected chi connectivity index (χ3v) is 6.19. The van der Waals surface area contributed by atoms with Crippen LogP contribution in [-0.4, -0.2) is 0 Å². The van der Waals surface area contributed by atoms with E-state index in [1.165, 1.54) is 64.2 Å². The SMILES string of the molecule is CCCCCC/C=C/C#[C][Hg][C]#C/C=C/CCCCCC. The monoisotopic (exact) mass is 472 g/mol. The Balaban J connectivity index is 3.49. The van der Waals surface area contributed by atoms with Gasteiger partial charge in [-0.1, -0.05) is 0 Å². The van der Waals surface area contributed by atoms with Crippen LogP contribution in [0.1, 0.15) is 78.1 Å². The van der Waals surface area contributed by atoms with Crippen molar-refractivity contribution in [3.8, 4) is 18.7 Å². The van der Waals surface area contributed by atoms with Gasteiger partial charge in [0.05, 0.1) is 0 Å². The van der Waals surface area contributed by atoms with Crippen LogP contribution in [0.3, 0.4) is 0 Å². The average Bonchev–Trinajstić information content (AvgIpc) is 2.50. The molecule has 21 heavy (non-hydrogen) atoms. The van der Waals surface area contributed by atoms with E-state index in [4.69, 9.17) is 0 Å². The van der Waals surface area contributed by atoms with Gasteiger partial charge in [-0.05, 0) is 0 Å². The van der Waals surface area contributed by atoms with Gasteiger partial charge < -0.3 is 0 Å². The molecule has 0 spiro atoms. The van der Waals surface area contributed by atoms with Crippen molar-refractivity contribution in [2.24, 2.45) is 0 Å². The number of hydrogen-bond acceptors (Lipinski definition) is 0. The fraction of sp³-hybridized carbons (Fsp3) is 0.600. The third kappa shape index (κ3) is 19.5. The molecule has 0 aliphatic heterocycles. The molecule has 0 aromatic rings. The first kappa shape index (κ1) is 20.5. The molecule has 0 amide bonds. The molecule has 1 heteroatoms. The number of unbranched alkanes of at least 4 members (excludes halogenated alkanes) is 8. The van der Waals surface area contributed by atoms with Crippen LogP contribution in [0.15, 0.2) is 24.3 Å². The summed E-state index contributed by atoms with van der Waals surface area (Å²) in [6.45, 7) is 4.49. The molecule has 0 atom stereocenters. The van der Waals surface area contributed by atoms with E-state index in [1.807, 2.05) is 12.2 Å². The van der Waals surface area contributed by atoms with E-state index < -0.39 is 24.6 Å². The van der Waals surface area contributed by atoms with Crippen LogP contribution in [0, 0.1) is 18.7 Å². The normalized spacial score (nSPS) is 10.0. The summed E-state index contributed by atoms with van der Waals surface area (Å²) >= 11 is -1.21. The zero-order valence-corrected chi connectivity index (χ0v) is 19.6. The fourth-order valence-electron chi connectivity index (χ4n) is 1.93. The van der Waals surface area contributed by atoms with Crippen LogP contribution >= 0.6 is 0 Å². The Bertz CT molecular complexity index is 344. The van der Waals surface area contributed by atoms with Gasteiger partial charge in [0.2, 0.25) is 0 Å². The topological polar surface area (TPSA) is 0 Å². The van der Waals surface area contributed by atoms with Gasteiger partial charge in [0, 0.05) is 0 Å². The van der Waals surface area contributed by atoms with Gasteiger partial charge in [0.1, 0.15) is 0 Å². The summed E-state index contributed by atoms with van der Waals surface area (Å²) in [5.74, 6) is 6.29. The van der Waals surface area contributed by atoms with Gasteiger partial charge in [-0.3, -0.25) is 0 Å². The Morgan fingerprint density at radius 1 is 0.667 bits per heavy atom. The molecule has 0 bridgehead atoms. The molecule has 0 fully saturated rings. The van der Waals surface area contributed by atoms with E-state index in [0.29, 0.717) is 0 Å². The van der Waals surface area contributed by atoms with Crippen molar-refractivity contribution < 1.29 is 24.6 Å². The van der Waals surface area contributed by atoms with Gasteiger partial charge in [-0.15, -0.1) is 0 Å². The Morgan fingerprint density at radius 2 is 1.14 bits per heavy atom.